The van der Waals surface area contributed by atoms with E-state index in [1.54, 1.807) is 0 Å². The second kappa shape index (κ2) is 5.73. The Bertz CT molecular complexity index is 294. The summed E-state index contributed by atoms with van der Waals surface area (Å²) in [5, 5.41) is 3.73. The standard InChI is InChI=1S/C17H32N2/c1-17(2,12-18-15-9-10-15)13-19-11-5-7-14-6-3-4-8-16(14)19/h14-16,18H,3-13H2,1-2H3/t14-,16-/m1/s1. The second-order valence-electron chi connectivity index (χ2n) is 8.04. The van der Waals surface area contributed by atoms with Crippen LogP contribution in [-0.4, -0.2) is 36.6 Å². The maximum Gasteiger partial charge on any atom is 0.0124 e. The van der Waals surface area contributed by atoms with Crippen LogP contribution in [-0.2, 0) is 0 Å². The monoisotopic (exact) mass is 264 g/mol. The molecule has 1 saturated heterocycles. The van der Waals surface area contributed by atoms with Crippen LogP contribution in [0.25, 0.3) is 0 Å². The molecule has 0 aromatic carbocycles. The van der Waals surface area contributed by atoms with Crippen molar-refractivity contribution in [2.45, 2.75) is 77.3 Å². The lowest BCUT2D eigenvalue weighted by Gasteiger charge is -2.47. The number of nitrogens with one attached hydrogen (secondary N) is 1. The highest BCUT2D eigenvalue weighted by Gasteiger charge is 2.36. The van der Waals surface area contributed by atoms with Gasteiger partial charge in [0.2, 0.25) is 0 Å². The highest BCUT2D eigenvalue weighted by atomic mass is 15.2. The molecule has 0 bridgehead atoms. The first-order valence-corrected chi connectivity index (χ1v) is 8.61. The smallest absolute Gasteiger partial charge is 0.0124 e. The first kappa shape index (κ1) is 13.9. The van der Waals surface area contributed by atoms with E-state index in [1.807, 2.05) is 0 Å². The summed E-state index contributed by atoms with van der Waals surface area (Å²) < 4.78 is 0. The van der Waals surface area contributed by atoms with E-state index in [0.717, 1.165) is 18.0 Å². The number of rotatable bonds is 5. The maximum atomic E-state index is 3.73. The van der Waals surface area contributed by atoms with Gasteiger partial charge in [-0.25, -0.2) is 0 Å². The minimum atomic E-state index is 0.432. The number of nitrogens with zero attached hydrogens (tertiary/aromatic N) is 1. The van der Waals surface area contributed by atoms with Gasteiger partial charge in [-0.3, -0.25) is 4.90 Å². The van der Waals surface area contributed by atoms with Crippen molar-refractivity contribution in [2.75, 3.05) is 19.6 Å². The van der Waals surface area contributed by atoms with E-state index in [9.17, 15) is 0 Å². The molecule has 1 heterocycles. The molecule has 0 radical (unpaired) electrons. The molecule has 1 aliphatic heterocycles. The molecular formula is C17H32N2. The summed E-state index contributed by atoms with van der Waals surface area (Å²) in [5.74, 6) is 1.02. The Labute approximate surface area is 119 Å². The van der Waals surface area contributed by atoms with Crippen molar-refractivity contribution in [3.63, 3.8) is 0 Å². The van der Waals surface area contributed by atoms with Crippen LogP contribution < -0.4 is 5.32 Å². The van der Waals surface area contributed by atoms with Crippen LogP contribution in [0.4, 0.5) is 0 Å². The zero-order valence-corrected chi connectivity index (χ0v) is 13.0. The number of likely N-dealkylation sites (tertiary alicyclic amines) is 1. The van der Waals surface area contributed by atoms with Crippen molar-refractivity contribution >= 4 is 0 Å². The molecule has 2 atom stereocenters. The van der Waals surface area contributed by atoms with Gasteiger partial charge in [0.25, 0.3) is 0 Å². The molecule has 0 unspecified atom stereocenters. The number of fused-ring (bicyclic) bond motifs is 1. The lowest BCUT2D eigenvalue weighted by atomic mass is 9.77. The quantitative estimate of drug-likeness (QED) is 0.818. The topological polar surface area (TPSA) is 15.3 Å². The highest BCUT2D eigenvalue weighted by molar-refractivity contribution is 4.91. The van der Waals surface area contributed by atoms with E-state index in [0.29, 0.717) is 5.41 Å². The van der Waals surface area contributed by atoms with E-state index in [2.05, 4.69) is 24.1 Å². The number of piperidine rings is 1. The van der Waals surface area contributed by atoms with E-state index < -0.39 is 0 Å². The fraction of sp³-hybridized carbons (Fsp3) is 1.00. The van der Waals surface area contributed by atoms with Crippen LogP contribution in [0, 0.1) is 11.3 Å². The van der Waals surface area contributed by atoms with Crippen molar-refractivity contribution in [3.8, 4) is 0 Å². The van der Waals surface area contributed by atoms with E-state index in [1.165, 1.54) is 71.0 Å². The predicted octanol–water partition coefficient (Wildman–Crippen LogP) is 3.42. The van der Waals surface area contributed by atoms with Gasteiger partial charge in [0.1, 0.15) is 0 Å². The van der Waals surface area contributed by atoms with Crippen molar-refractivity contribution in [1.29, 1.82) is 0 Å². The number of hydrogen-bond acceptors (Lipinski definition) is 2. The third-order valence-electron chi connectivity index (χ3n) is 5.44. The van der Waals surface area contributed by atoms with Gasteiger partial charge in [-0.1, -0.05) is 26.7 Å². The second-order valence-corrected chi connectivity index (χ2v) is 8.04. The third-order valence-corrected chi connectivity index (χ3v) is 5.44. The molecule has 1 N–H and O–H groups in total. The Morgan fingerprint density at radius 1 is 1.00 bits per heavy atom. The van der Waals surface area contributed by atoms with Gasteiger partial charge in [0, 0.05) is 25.2 Å². The Balaban J connectivity index is 1.53. The van der Waals surface area contributed by atoms with Crippen LogP contribution in [0.5, 0.6) is 0 Å². The van der Waals surface area contributed by atoms with Gasteiger partial charge >= 0.3 is 0 Å². The SMILES string of the molecule is CC(C)(CNC1CC1)CN1CCC[C@H]2CCCC[C@H]21. The van der Waals surface area contributed by atoms with Crippen LogP contribution in [0.15, 0.2) is 0 Å². The normalized spacial score (nSPS) is 33.2. The Hall–Kier alpha value is -0.0800. The Morgan fingerprint density at radius 2 is 1.74 bits per heavy atom. The zero-order valence-electron chi connectivity index (χ0n) is 13.0. The van der Waals surface area contributed by atoms with Crippen LogP contribution in [0.2, 0.25) is 0 Å². The fourth-order valence-corrected chi connectivity index (χ4v) is 4.24. The largest absolute Gasteiger partial charge is 0.313 e. The molecule has 19 heavy (non-hydrogen) atoms. The minimum Gasteiger partial charge on any atom is -0.313 e. The van der Waals surface area contributed by atoms with E-state index in [-0.39, 0.29) is 0 Å². The first-order valence-electron chi connectivity index (χ1n) is 8.61. The van der Waals surface area contributed by atoms with Crippen LogP contribution in [0.3, 0.4) is 0 Å². The lowest BCUT2D eigenvalue weighted by molar-refractivity contribution is 0.0320. The molecule has 110 valence electrons. The molecule has 0 aromatic heterocycles. The maximum absolute atomic E-state index is 3.73. The zero-order chi connectivity index (χ0) is 13.3. The molecule has 2 nitrogen and oxygen atoms in total. The summed E-state index contributed by atoms with van der Waals surface area (Å²) in [6, 6.07) is 1.77. The minimum absolute atomic E-state index is 0.432. The summed E-state index contributed by atoms with van der Waals surface area (Å²) in [6.07, 6.45) is 11.7. The number of hydrogen-bond donors (Lipinski definition) is 1. The molecule has 3 aliphatic rings. The summed E-state index contributed by atoms with van der Waals surface area (Å²) in [7, 11) is 0. The average Bonchev–Trinajstić information content (AvgIpc) is 3.21. The summed E-state index contributed by atoms with van der Waals surface area (Å²) >= 11 is 0. The molecule has 3 rings (SSSR count). The summed E-state index contributed by atoms with van der Waals surface area (Å²) in [4.78, 5) is 2.85. The van der Waals surface area contributed by atoms with E-state index >= 15 is 0 Å². The lowest BCUT2D eigenvalue weighted by Crippen LogP contribution is -2.51. The average molecular weight is 264 g/mol. The first-order chi connectivity index (χ1) is 9.14. The molecule has 0 aromatic rings. The van der Waals surface area contributed by atoms with Gasteiger partial charge in [-0.05, 0) is 56.4 Å². The highest BCUT2D eigenvalue weighted by Crippen LogP contribution is 2.36. The van der Waals surface area contributed by atoms with Gasteiger partial charge in [0.05, 0.1) is 0 Å². The van der Waals surface area contributed by atoms with Crippen molar-refractivity contribution in [3.05, 3.63) is 0 Å². The van der Waals surface area contributed by atoms with Gasteiger partial charge in [-0.2, -0.15) is 0 Å². The molecule has 2 aliphatic carbocycles. The molecular weight excluding hydrogens is 232 g/mol. The molecule has 2 heteroatoms. The fourth-order valence-electron chi connectivity index (χ4n) is 4.24. The van der Waals surface area contributed by atoms with Crippen molar-refractivity contribution < 1.29 is 0 Å². The van der Waals surface area contributed by atoms with Crippen LogP contribution >= 0.6 is 0 Å². The Kier molecular flexibility index (Phi) is 4.19. The van der Waals surface area contributed by atoms with Gasteiger partial charge in [-0.15, -0.1) is 0 Å². The summed E-state index contributed by atoms with van der Waals surface area (Å²) in [5.41, 5.74) is 0.432. The van der Waals surface area contributed by atoms with Crippen molar-refractivity contribution in [2.24, 2.45) is 11.3 Å². The van der Waals surface area contributed by atoms with E-state index in [4.69, 9.17) is 0 Å². The summed E-state index contributed by atoms with van der Waals surface area (Å²) in [6.45, 7) is 8.76. The van der Waals surface area contributed by atoms with Gasteiger partial charge < -0.3 is 5.32 Å². The van der Waals surface area contributed by atoms with Gasteiger partial charge in [0.15, 0.2) is 0 Å². The molecule has 2 saturated carbocycles. The molecule has 3 fully saturated rings. The molecule has 0 amide bonds. The van der Waals surface area contributed by atoms with Crippen molar-refractivity contribution in [1.82, 2.24) is 10.2 Å². The predicted molar refractivity (Wildman–Crippen MR) is 81.4 cm³/mol. The van der Waals surface area contributed by atoms with Crippen LogP contribution in [0.1, 0.15) is 65.2 Å². The Morgan fingerprint density at radius 3 is 2.53 bits per heavy atom. The molecule has 0 spiro atoms. The third kappa shape index (κ3) is 3.72.